The molecule has 0 saturated heterocycles. The van der Waals surface area contributed by atoms with Gasteiger partial charge in [0.1, 0.15) is 5.75 Å². The van der Waals surface area contributed by atoms with Crippen molar-refractivity contribution in [2.45, 2.75) is 20.3 Å². The second kappa shape index (κ2) is 6.75. The third kappa shape index (κ3) is 4.32. The Bertz CT molecular complexity index is 380. The fraction of sp³-hybridized carbons (Fsp3) is 0.417. The highest BCUT2D eigenvalue weighted by atomic mass is 16.5. The van der Waals surface area contributed by atoms with Crippen molar-refractivity contribution in [2.75, 3.05) is 13.2 Å². The van der Waals surface area contributed by atoms with Gasteiger partial charge in [-0.3, -0.25) is 5.43 Å². The molecule has 4 N–H and O–H groups in total. The lowest BCUT2D eigenvalue weighted by molar-refractivity contribution is 0.241. The molecule has 1 aromatic rings. The second-order valence-electron chi connectivity index (χ2n) is 3.68. The van der Waals surface area contributed by atoms with E-state index in [0.717, 1.165) is 23.3 Å². The number of hydrogen-bond donors (Lipinski definition) is 3. The number of aryl methyl sites for hydroxylation is 1. The zero-order valence-corrected chi connectivity index (χ0v) is 10.2. The maximum atomic E-state index is 10.8. The molecule has 0 aliphatic rings. The summed E-state index contributed by atoms with van der Waals surface area (Å²) in [7, 11) is 0. The smallest absolute Gasteiger partial charge is 0.328 e. The first kappa shape index (κ1) is 13.3. The summed E-state index contributed by atoms with van der Waals surface area (Å²) in [5.41, 5.74) is 4.28. The van der Waals surface area contributed by atoms with E-state index in [2.05, 4.69) is 11.4 Å². The highest BCUT2D eigenvalue weighted by Gasteiger charge is 2.01. The van der Waals surface area contributed by atoms with Crippen LogP contribution in [0.5, 0.6) is 5.75 Å². The zero-order chi connectivity index (χ0) is 12.7. The lowest BCUT2D eigenvalue weighted by Crippen LogP contribution is -2.40. The SMILES string of the molecule is CCOc1ccc(CCNC(=O)NN)cc1C. The standard InChI is InChI=1S/C12H19N3O2/c1-3-17-11-5-4-10(8-9(11)2)6-7-14-12(16)15-13/h4-5,8H,3,6-7,13H2,1-2H3,(H2,14,15,16). The summed E-state index contributed by atoms with van der Waals surface area (Å²) in [5, 5.41) is 2.63. The number of hydrazine groups is 1. The summed E-state index contributed by atoms with van der Waals surface area (Å²) in [6.45, 7) is 5.19. The van der Waals surface area contributed by atoms with Gasteiger partial charge in [-0.2, -0.15) is 0 Å². The van der Waals surface area contributed by atoms with Gasteiger partial charge < -0.3 is 10.1 Å². The molecule has 0 radical (unpaired) electrons. The van der Waals surface area contributed by atoms with Crippen molar-refractivity contribution in [1.29, 1.82) is 0 Å². The number of urea groups is 1. The number of nitrogens with two attached hydrogens (primary N) is 1. The van der Waals surface area contributed by atoms with Crippen LogP contribution in [0.4, 0.5) is 4.79 Å². The number of ether oxygens (including phenoxy) is 1. The molecule has 2 amide bonds. The Labute approximate surface area is 101 Å². The van der Waals surface area contributed by atoms with Crippen LogP contribution in [-0.4, -0.2) is 19.2 Å². The van der Waals surface area contributed by atoms with Crippen LogP contribution >= 0.6 is 0 Å². The number of benzene rings is 1. The molecule has 0 bridgehead atoms. The quantitative estimate of drug-likeness (QED) is 0.408. The van der Waals surface area contributed by atoms with Crippen molar-refractivity contribution in [3.8, 4) is 5.75 Å². The third-order valence-electron chi connectivity index (χ3n) is 2.37. The van der Waals surface area contributed by atoms with Crippen molar-refractivity contribution in [2.24, 2.45) is 5.84 Å². The lowest BCUT2D eigenvalue weighted by Gasteiger charge is -2.09. The van der Waals surface area contributed by atoms with Crippen LogP contribution in [0.1, 0.15) is 18.1 Å². The highest BCUT2D eigenvalue weighted by Crippen LogP contribution is 2.19. The molecule has 1 aromatic carbocycles. The number of hydrogen-bond acceptors (Lipinski definition) is 3. The van der Waals surface area contributed by atoms with Crippen LogP contribution in [0, 0.1) is 6.92 Å². The molecule has 5 nitrogen and oxygen atoms in total. The Morgan fingerprint density at radius 1 is 1.47 bits per heavy atom. The summed E-state index contributed by atoms with van der Waals surface area (Å²) in [6.07, 6.45) is 0.765. The molecular weight excluding hydrogens is 218 g/mol. The van der Waals surface area contributed by atoms with Crippen LogP contribution in [0.15, 0.2) is 18.2 Å². The normalized spacial score (nSPS) is 9.82. The van der Waals surface area contributed by atoms with Gasteiger partial charge in [0, 0.05) is 6.54 Å². The van der Waals surface area contributed by atoms with E-state index < -0.39 is 0 Å². The number of rotatable bonds is 5. The molecule has 1 rings (SSSR count). The van der Waals surface area contributed by atoms with Crippen molar-refractivity contribution >= 4 is 6.03 Å². The largest absolute Gasteiger partial charge is 0.494 e. The zero-order valence-electron chi connectivity index (χ0n) is 10.2. The fourth-order valence-electron chi connectivity index (χ4n) is 1.56. The van der Waals surface area contributed by atoms with E-state index in [1.165, 1.54) is 0 Å². The van der Waals surface area contributed by atoms with Crippen molar-refractivity contribution in [3.05, 3.63) is 29.3 Å². The van der Waals surface area contributed by atoms with Crippen molar-refractivity contribution < 1.29 is 9.53 Å². The molecule has 0 atom stereocenters. The van der Waals surface area contributed by atoms with Gasteiger partial charge in [0.05, 0.1) is 6.61 Å². The molecule has 17 heavy (non-hydrogen) atoms. The van der Waals surface area contributed by atoms with Gasteiger partial charge in [-0.15, -0.1) is 0 Å². The van der Waals surface area contributed by atoms with E-state index in [0.29, 0.717) is 13.2 Å². The van der Waals surface area contributed by atoms with Crippen molar-refractivity contribution in [1.82, 2.24) is 10.7 Å². The molecule has 0 heterocycles. The first-order valence-corrected chi connectivity index (χ1v) is 5.64. The Kier molecular flexibility index (Phi) is 5.29. The van der Waals surface area contributed by atoms with Gasteiger partial charge >= 0.3 is 6.03 Å². The van der Waals surface area contributed by atoms with E-state index in [1.54, 1.807) is 0 Å². The average Bonchev–Trinajstić information content (AvgIpc) is 2.32. The van der Waals surface area contributed by atoms with Crippen LogP contribution in [-0.2, 0) is 6.42 Å². The fourth-order valence-corrected chi connectivity index (χ4v) is 1.56. The molecule has 0 fully saturated rings. The van der Waals surface area contributed by atoms with E-state index in [4.69, 9.17) is 10.6 Å². The summed E-state index contributed by atoms with van der Waals surface area (Å²) in [5.74, 6) is 5.86. The van der Waals surface area contributed by atoms with E-state index in [9.17, 15) is 4.79 Å². The van der Waals surface area contributed by atoms with Crippen molar-refractivity contribution in [3.63, 3.8) is 0 Å². The van der Waals surface area contributed by atoms with Gasteiger partial charge in [-0.05, 0) is 37.5 Å². The monoisotopic (exact) mass is 237 g/mol. The average molecular weight is 237 g/mol. The Morgan fingerprint density at radius 3 is 2.82 bits per heavy atom. The second-order valence-corrected chi connectivity index (χ2v) is 3.68. The molecule has 94 valence electrons. The minimum absolute atomic E-state index is 0.368. The molecule has 0 spiro atoms. The Balaban J connectivity index is 2.50. The van der Waals surface area contributed by atoms with Crippen LogP contribution < -0.4 is 21.3 Å². The topological polar surface area (TPSA) is 76.4 Å². The number of carbonyl (C=O) groups is 1. The van der Waals surface area contributed by atoms with Gasteiger partial charge in [0.15, 0.2) is 0 Å². The van der Waals surface area contributed by atoms with Crippen LogP contribution in [0.3, 0.4) is 0 Å². The molecule has 0 unspecified atom stereocenters. The van der Waals surface area contributed by atoms with E-state index >= 15 is 0 Å². The molecule has 5 heteroatoms. The summed E-state index contributed by atoms with van der Waals surface area (Å²) < 4.78 is 5.46. The maximum absolute atomic E-state index is 10.8. The number of amides is 2. The number of carbonyl (C=O) groups excluding carboxylic acids is 1. The summed E-state index contributed by atoms with van der Waals surface area (Å²) >= 11 is 0. The minimum Gasteiger partial charge on any atom is -0.494 e. The maximum Gasteiger partial charge on any atom is 0.328 e. The van der Waals surface area contributed by atoms with Gasteiger partial charge in [-0.1, -0.05) is 12.1 Å². The summed E-state index contributed by atoms with van der Waals surface area (Å²) in [6, 6.07) is 5.65. The van der Waals surface area contributed by atoms with Crippen LogP contribution in [0.2, 0.25) is 0 Å². The van der Waals surface area contributed by atoms with E-state index in [-0.39, 0.29) is 6.03 Å². The lowest BCUT2D eigenvalue weighted by atomic mass is 10.1. The van der Waals surface area contributed by atoms with Crippen LogP contribution in [0.25, 0.3) is 0 Å². The van der Waals surface area contributed by atoms with Gasteiger partial charge in [0.2, 0.25) is 0 Å². The number of nitrogens with one attached hydrogen (secondary N) is 2. The Hall–Kier alpha value is -1.75. The highest BCUT2D eigenvalue weighted by molar-refractivity contribution is 5.72. The molecular formula is C12H19N3O2. The molecule has 0 aliphatic carbocycles. The predicted molar refractivity (Wildman–Crippen MR) is 66.8 cm³/mol. The van der Waals surface area contributed by atoms with E-state index in [1.807, 2.05) is 31.4 Å². The molecule has 0 aromatic heterocycles. The first-order valence-electron chi connectivity index (χ1n) is 5.64. The minimum atomic E-state index is -0.368. The molecule has 0 saturated carbocycles. The summed E-state index contributed by atoms with van der Waals surface area (Å²) in [4.78, 5) is 10.8. The van der Waals surface area contributed by atoms with Gasteiger partial charge in [0.25, 0.3) is 0 Å². The third-order valence-corrected chi connectivity index (χ3v) is 2.37. The first-order chi connectivity index (χ1) is 8.17. The predicted octanol–water partition coefficient (Wildman–Crippen LogP) is 1.11. The van der Waals surface area contributed by atoms with Gasteiger partial charge in [-0.25, -0.2) is 10.6 Å². The Morgan fingerprint density at radius 2 is 2.24 bits per heavy atom. The molecule has 0 aliphatic heterocycles.